The summed E-state index contributed by atoms with van der Waals surface area (Å²) >= 11 is 0. The van der Waals surface area contributed by atoms with Crippen molar-refractivity contribution in [3.8, 4) is 0 Å². The van der Waals surface area contributed by atoms with E-state index in [1.165, 1.54) is 13.1 Å². The van der Waals surface area contributed by atoms with Crippen LogP contribution in [0.5, 0.6) is 0 Å². The molecule has 1 saturated heterocycles. The summed E-state index contributed by atoms with van der Waals surface area (Å²) in [5.74, 6) is 0. The van der Waals surface area contributed by atoms with Gasteiger partial charge in [-0.05, 0) is 26.2 Å². The Balaban J connectivity index is 0.000000336. The third-order valence-corrected chi connectivity index (χ3v) is 2.07. The maximum absolute atomic E-state index is 3.35. The fourth-order valence-electron chi connectivity index (χ4n) is 1.34. The van der Waals surface area contributed by atoms with Crippen LogP contribution in [0.15, 0.2) is 0 Å². The molecule has 1 aliphatic heterocycles. The van der Waals surface area contributed by atoms with Crippen LogP contribution in [0, 0.1) is 5.41 Å². The largest absolute Gasteiger partial charge is 0.314 e. The Hall–Kier alpha value is -0.0800. The van der Waals surface area contributed by atoms with E-state index in [1.807, 2.05) is 0 Å². The second kappa shape index (κ2) is 5.86. The molecular weight excluding hydrogens is 184 g/mol. The van der Waals surface area contributed by atoms with Crippen LogP contribution in [-0.2, 0) is 0 Å². The Morgan fingerprint density at radius 2 is 1.13 bits per heavy atom. The highest BCUT2D eigenvalue weighted by atomic mass is 15.2. The third kappa shape index (κ3) is 10.2. The second-order valence-corrected chi connectivity index (χ2v) is 6.91. The molecule has 92 valence electrons. The fourth-order valence-corrected chi connectivity index (χ4v) is 1.34. The van der Waals surface area contributed by atoms with E-state index in [9.17, 15) is 0 Å². The zero-order valence-corrected chi connectivity index (χ0v) is 11.8. The molecule has 0 amide bonds. The molecule has 15 heavy (non-hydrogen) atoms. The van der Waals surface area contributed by atoms with Crippen molar-refractivity contribution in [1.29, 1.82) is 0 Å². The summed E-state index contributed by atoms with van der Waals surface area (Å²) in [4.78, 5) is 2.52. The predicted octanol–water partition coefficient (Wildman–Crippen LogP) is 2.74. The summed E-state index contributed by atoms with van der Waals surface area (Å²) in [6.45, 7) is 20.3. The lowest BCUT2D eigenvalue weighted by molar-refractivity contribution is 0.119. The third-order valence-electron chi connectivity index (χ3n) is 2.07. The Morgan fingerprint density at radius 1 is 0.800 bits per heavy atom. The maximum Gasteiger partial charge on any atom is 0.0126 e. The van der Waals surface area contributed by atoms with E-state index in [-0.39, 0.29) is 0 Å². The van der Waals surface area contributed by atoms with Gasteiger partial charge in [0.1, 0.15) is 0 Å². The number of nitrogens with one attached hydrogen (secondary N) is 1. The van der Waals surface area contributed by atoms with Crippen molar-refractivity contribution in [2.24, 2.45) is 5.41 Å². The Bertz CT molecular complexity index is 150. The lowest BCUT2D eigenvalue weighted by atomic mass is 10.0. The highest BCUT2D eigenvalue weighted by Gasteiger charge is 2.21. The van der Waals surface area contributed by atoms with Crippen LogP contribution < -0.4 is 5.32 Å². The quantitative estimate of drug-likeness (QED) is 0.667. The van der Waals surface area contributed by atoms with Gasteiger partial charge >= 0.3 is 0 Å². The molecule has 0 aromatic carbocycles. The van der Waals surface area contributed by atoms with Crippen molar-refractivity contribution >= 4 is 0 Å². The summed E-state index contributed by atoms with van der Waals surface area (Å²) in [6.07, 6.45) is 0. The van der Waals surface area contributed by atoms with Gasteiger partial charge in [-0.25, -0.2) is 0 Å². The van der Waals surface area contributed by atoms with E-state index < -0.39 is 0 Å². The Labute approximate surface area is 96.4 Å². The summed E-state index contributed by atoms with van der Waals surface area (Å²) < 4.78 is 0. The first kappa shape index (κ1) is 14.9. The average Bonchev–Trinajstić information content (AvgIpc) is 2.01. The highest BCUT2D eigenvalue weighted by Crippen LogP contribution is 2.12. The van der Waals surface area contributed by atoms with Gasteiger partial charge in [0.15, 0.2) is 0 Å². The minimum absolute atomic E-state index is 0.363. The molecule has 1 aliphatic rings. The fraction of sp³-hybridized carbons (Fsp3) is 1.00. The van der Waals surface area contributed by atoms with Crippen LogP contribution in [0.2, 0.25) is 0 Å². The normalized spacial score (nSPS) is 19.4. The summed E-state index contributed by atoms with van der Waals surface area (Å²) in [5.41, 5.74) is 0.863. The lowest BCUT2D eigenvalue weighted by Gasteiger charge is -2.38. The molecule has 0 aliphatic carbocycles. The molecule has 1 N–H and O–H groups in total. The van der Waals surface area contributed by atoms with Crippen LogP contribution in [-0.4, -0.2) is 36.6 Å². The van der Waals surface area contributed by atoms with Crippen LogP contribution in [0.25, 0.3) is 0 Å². The average molecular weight is 214 g/mol. The van der Waals surface area contributed by atoms with Gasteiger partial charge in [-0.3, -0.25) is 4.90 Å². The number of piperazine rings is 1. The number of hydrogen-bond donors (Lipinski definition) is 1. The molecular formula is C13H30N2. The van der Waals surface area contributed by atoms with Crippen LogP contribution >= 0.6 is 0 Å². The van der Waals surface area contributed by atoms with Crippen molar-refractivity contribution < 1.29 is 0 Å². The van der Waals surface area contributed by atoms with E-state index in [1.54, 1.807) is 0 Å². The molecule has 0 atom stereocenters. The van der Waals surface area contributed by atoms with E-state index in [4.69, 9.17) is 0 Å². The van der Waals surface area contributed by atoms with Gasteiger partial charge in [0.05, 0.1) is 0 Å². The van der Waals surface area contributed by atoms with Crippen molar-refractivity contribution in [2.75, 3.05) is 26.2 Å². The topological polar surface area (TPSA) is 15.3 Å². The highest BCUT2D eigenvalue weighted by molar-refractivity contribution is 4.79. The summed E-state index contributed by atoms with van der Waals surface area (Å²) in [6, 6.07) is 0. The maximum atomic E-state index is 3.35. The number of hydrogen-bond acceptors (Lipinski definition) is 2. The van der Waals surface area contributed by atoms with Crippen LogP contribution in [0.4, 0.5) is 0 Å². The first-order valence-electron chi connectivity index (χ1n) is 6.06. The van der Waals surface area contributed by atoms with E-state index in [0.29, 0.717) is 11.0 Å². The van der Waals surface area contributed by atoms with Crippen LogP contribution in [0.3, 0.4) is 0 Å². The minimum atomic E-state index is 0.363. The molecule has 0 saturated carbocycles. The minimum Gasteiger partial charge on any atom is -0.314 e. The molecule has 1 heterocycles. The van der Waals surface area contributed by atoms with E-state index in [0.717, 1.165) is 13.1 Å². The molecule has 1 fully saturated rings. The molecule has 0 spiro atoms. The van der Waals surface area contributed by atoms with Crippen molar-refractivity contribution in [2.45, 2.75) is 54.0 Å². The molecule has 2 nitrogen and oxygen atoms in total. The summed E-state index contributed by atoms with van der Waals surface area (Å²) in [5, 5.41) is 3.35. The summed E-state index contributed by atoms with van der Waals surface area (Å²) in [7, 11) is 0. The SMILES string of the molecule is CC(C)(C)C.CC(C)(C)N1CCNCC1. The molecule has 0 aromatic heterocycles. The predicted molar refractivity (Wildman–Crippen MR) is 69.3 cm³/mol. The van der Waals surface area contributed by atoms with Gasteiger partial charge in [-0.15, -0.1) is 0 Å². The molecule has 0 radical (unpaired) electrons. The molecule has 0 bridgehead atoms. The van der Waals surface area contributed by atoms with Crippen LogP contribution in [0.1, 0.15) is 48.5 Å². The van der Waals surface area contributed by atoms with Crippen molar-refractivity contribution in [3.63, 3.8) is 0 Å². The number of nitrogens with zero attached hydrogens (tertiary/aromatic N) is 1. The Morgan fingerprint density at radius 3 is 1.33 bits per heavy atom. The first-order chi connectivity index (χ1) is 6.61. The van der Waals surface area contributed by atoms with Gasteiger partial charge in [-0.2, -0.15) is 0 Å². The number of rotatable bonds is 0. The van der Waals surface area contributed by atoms with Gasteiger partial charge in [0, 0.05) is 31.7 Å². The van der Waals surface area contributed by atoms with Gasteiger partial charge in [0.2, 0.25) is 0 Å². The molecule has 2 heteroatoms. The zero-order chi connectivity index (χ0) is 12.1. The Kier molecular flexibility index (Phi) is 5.82. The van der Waals surface area contributed by atoms with E-state index >= 15 is 0 Å². The van der Waals surface area contributed by atoms with Gasteiger partial charge in [0.25, 0.3) is 0 Å². The van der Waals surface area contributed by atoms with Crippen molar-refractivity contribution in [3.05, 3.63) is 0 Å². The first-order valence-corrected chi connectivity index (χ1v) is 6.06. The smallest absolute Gasteiger partial charge is 0.0126 e. The van der Waals surface area contributed by atoms with Crippen molar-refractivity contribution in [1.82, 2.24) is 10.2 Å². The van der Waals surface area contributed by atoms with Gasteiger partial charge < -0.3 is 5.32 Å². The molecule has 0 aromatic rings. The monoisotopic (exact) mass is 214 g/mol. The lowest BCUT2D eigenvalue weighted by Crippen LogP contribution is -2.51. The zero-order valence-electron chi connectivity index (χ0n) is 11.8. The standard InChI is InChI=1S/C8H18N2.C5H12/c1-8(2,3)10-6-4-9-5-7-10;1-5(2,3)4/h9H,4-7H2,1-3H3;1-4H3. The second-order valence-electron chi connectivity index (χ2n) is 6.91. The molecule has 1 rings (SSSR count). The molecule has 0 unspecified atom stereocenters. The van der Waals surface area contributed by atoms with E-state index in [2.05, 4.69) is 58.7 Å². The van der Waals surface area contributed by atoms with Gasteiger partial charge in [-0.1, -0.05) is 27.7 Å².